The molecule has 0 radical (unpaired) electrons. The van der Waals surface area contributed by atoms with Crippen molar-refractivity contribution in [2.45, 2.75) is 24.0 Å². The number of phosphoric acid groups is 3. The highest BCUT2D eigenvalue weighted by Crippen LogP contribution is 2.66. The number of aliphatic hydroxyl groups is 1. The Morgan fingerprint density at radius 1 is 1.23 bits per heavy atom. The molecule has 0 spiro atoms. The lowest BCUT2D eigenvalue weighted by Crippen LogP contribution is -2.50. The van der Waals surface area contributed by atoms with Gasteiger partial charge in [0, 0.05) is 12.3 Å². The molecule has 3 rings (SSSR count). The molecular formula is C11H17N2O14P3. The van der Waals surface area contributed by atoms with E-state index >= 15 is 0 Å². The Bertz CT molecular complexity index is 917. The van der Waals surface area contributed by atoms with Crippen molar-refractivity contribution in [3.05, 3.63) is 24.7 Å². The Morgan fingerprint density at radius 2 is 1.90 bits per heavy atom. The van der Waals surface area contributed by atoms with Crippen LogP contribution in [0.5, 0.6) is 0 Å². The molecule has 170 valence electrons. The van der Waals surface area contributed by atoms with Gasteiger partial charge in [0.15, 0.2) is 6.23 Å². The molecule has 1 amide bonds. The maximum absolute atomic E-state index is 11.9. The smallest absolute Gasteiger partial charge is 0.387 e. The number of amides is 1. The van der Waals surface area contributed by atoms with E-state index in [-0.39, 0.29) is 12.4 Å². The fourth-order valence-corrected chi connectivity index (χ4v) is 6.03. The molecule has 16 nitrogen and oxygen atoms in total. The first-order valence-electron chi connectivity index (χ1n) is 7.85. The van der Waals surface area contributed by atoms with E-state index in [1.807, 2.05) is 0 Å². The standard InChI is InChI=1S/C11H17N2O14P3/c1-6-12-7(14)2-3-13(6)10-8-9(15)11(25-10,4-23-8)5-24-29(19,20)27-30(21,22)26-28(16,17)18/h2-3,8-10,15H,1,4-5H2,(H,12,14)(H,19,20)(H,21,22)(H2,16,17,18)/t8-,9+,10-,11-/m1/s1. The van der Waals surface area contributed by atoms with Gasteiger partial charge in [-0.3, -0.25) is 9.32 Å². The third-order valence-corrected chi connectivity index (χ3v) is 7.92. The maximum atomic E-state index is 11.9. The normalized spacial score (nSPS) is 35.2. The van der Waals surface area contributed by atoms with Crippen molar-refractivity contribution in [2.75, 3.05) is 13.2 Å². The molecule has 0 aromatic rings. The average Bonchev–Trinajstić information content (AvgIpc) is 3.00. The second-order valence-corrected chi connectivity index (χ2v) is 10.7. The minimum Gasteiger partial charge on any atom is -0.387 e. The van der Waals surface area contributed by atoms with Crippen LogP contribution in [0.2, 0.25) is 0 Å². The quantitative estimate of drug-likeness (QED) is 0.213. The van der Waals surface area contributed by atoms with Crippen LogP contribution >= 0.6 is 23.5 Å². The number of ether oxygens (including phenoxy) is 2. The summed E-state index contributed by atoms with van der Waals surface area (Å²) in [5, 5.41) is 12.9. The van der Waals surface area contributed by atoms with Gasteiger partial charge in [-0.1, -0.05) is 6.58 Å². The summed E-state index contributed by atoms with van der Waals surface area (Å²) in [6.07, 6.45) is -0.907. The van der Waals surface area contributed by atoms with Crippen LogP contribution in [-0.4, -0.2) is 72.7 Å². The van der Waals surface area contributed by atoms with Gasteiger partial charge in [-0.15, -0.1) is 0 Å². The number of carbonyl (C=O) groups is 1. The van der Waals surface area contributed by atoms with E-state index < -0.39 is 60.0 Å². The lowest BCUT2D eigenvalue weighted by molar-refractivity contribution is -0.192. The van der Waals surface area contributed by atoms with Gasteiger partial charge in [-0.05, 0) is 0 Å². The van der Waals surface area contributed by atoms with Crippen molar-refractivity contribution < 1.29 is 65.8 Å². The van der Waals surface area contributed by atoms with Gasteiger partial charge in [0.1, 0.15) is 23.6 Å². The van der Waals surface area contributed by atoms with E-state index in [4.69, 9.17) is 24.2 Å². The molecule has 0 aromatic carbocycles. The van der Waals surface area contributed by atoms with Gasteiger partial charge in [-0.25, -0.2) is 13.7 Å². The Morgan fingerprint density at radius 3 is 2.50 bits per heavy atom. The molecule has 2 unspecified atom stereocenters. The summed E-state index contributed by atoms with van der Waals surface area (Å²) in [5.74, 6) is -0.331. The zero-order valence-electron chi connectivity index (χ0n) is 14.7. The van der Waals surface area contributed by atoms with Gasteiger partial charge in [0.25, 0.3) is 5.91 Å². The van der Waals surface area contributed by atoms with Crippen LogP contribution in [0.3, 0.4) is 0 Å². The van der Waals surface area contributed by atoms with Crippen molar-refractivity contribution in [2.24, 2.45) is 0 Å². The predicted octanol–water partition coefficient (Wildman–Crippen LogP) is -1.40. The SMILES string of the molecule is C=C1NC(=O)C=CN1[C@@H]1O[C@@]2(COP(=O)(O)OP(=O)(O)OP(=O)(O)O)CO[C@@H]1[C@@H]2O. The van der Waals surface area contributed by atoms with E-state index in [0.29, 0.717) is 0 Å². The zero-order valence-corrected chi connectivity index (χ0v) is 17.4. The Kier molecular flexibility index (Phi) is 6.22. The number of hydrogen-bond donors (Lipinski definition) is 6. The third kappa shape index (κ3) is 5.09. The molecule has 3 aliphatic rings. The number of fused-ring (bicyclic) bond motifs is 2. The number of nitrogens with one attached hydrogen (secondary N) is 1. The molecule has 0 aromatic heterocycles. The summed E-state index contributed by atoms with van der Waals surface area (Å²) in [7, 11) is -16.6. The van der Waals surface area contributed by atoms with Crippen LogP contribution in [-0.2, 0) is 41.1 Å². The lowest BCUT2D eigenvalue weighted by atomic mass is 10.0. The van der Waals surface area contributed by atoms with Crippen LogP contribution in [0.1, 0.15) is 0 Å². The van der Waals surface area contributed by atoms with Gasteiger partial charge in [0.2, 0.25) is 0 Å². The Balaban J connectivity index is 1.68. The maximum Gasteiger partial charge on any atom is 0.490 e. The minimum atomic E-state index is -5.69. The number of hydrogen-bond acceptors (Lipinski definition) is 11. The second kappa shape index (κ2) is 7.87. The number of phosphoric ester groups is 1. The van der Waals surface area contributed by atoms with E-state index in [0.717, 1.165) is 6.08 Å². The summed E-state index contributed by atoms with van der Waals surface area (Å²) in [6.45, 7) is 2.44. The van der Waals surface area contributed by atoms with Gasteiger partial charge in [0.05, 0.1) is 13.2 Å². The first-order chi connectivity index (χ1) is 13.6. The van der Waals surface area contributed by atoms with E-state index in [1.165, 1.54) is 11.1 Å². The fraction of sp³-hybridized carbons (Fsp3) is 0.545. The largest absolute Gasteiger partial charge is 0.490 e. The first kappa shape index (κ1) is 23.7. The number of rotatable bonds is 8. The average molecular weight is 494 g/mol. The van der Waals surface area contributed by atoms with Crippen LogP contribution in [0.4, 0.5) is 0 Å². The fourth-order valence-electron chi connectivity index (χ4n) is 2.96. The molecule has 2 bridgehead atoms. The summed E-state index contributed by atoms with van der Waals surface area (Å²) >= 11 is 0. The highest BCUT2D eigenvalue weighted by Gasteiger charge is 2.63. The summed E-state index contributed by atoms with van der Waals surface area (Å²) < 4.78 is 56.8. The molecule has 3 aliphatic heterocycles. The lowest BCUT2D eigenvalue weighted by Gasteiger charge is -2.37. The van der Waals surface area contributed by atoms with Crippen molar-refractivity contribution in [3.8, 4) is 0 Å². The summed E-state index contributed by atoms with van der Waals surface area (Å²) in [6, 6.07) is 0. The topological polar surface area (TPSA) is 231 Å². The van der Waals surface area contributed by atoms with Crippen molar-refractivity contribution in [1.82, 2.24) is 10.2 Å². The van der Waals surface area contributed by atoms with E-state index in [1.54, 1.807) is 0 Å². The summed E-state index contributed by atoms with van der Waals surface area (Å²) in [4.78, 5) is 48.4. The van der Waals surface area contributed by atoms with Crippen LogP contribution in [0, 0.1) is 0 Å². The van der Waals surface area contributed by atoms with Gasteiger partial charge >= 0.3 is 23.5 Å². The van der Waals surface area contributed by atoms with Crippen LogP contribution in [0.15, 0.2) is 24.7 Å². The van der Waals surface area contributed by atoms with E-state index in [2.05, 4.69) is 25.0 Å². The molecule has 2 fully saturated rings. The zero-order chi connectivity index (χ0) is 22.5. The number of carbonyl (C=O) groups excluding carboxylic acids is 1. The molecule has 0 saturated carbocycles. The van der Waals surface area contributed by atoms with Crippen molar-refractivity contribution >= 4 is 29.4 Å². The monoisotopic (exact) mass is 494 g/mol. The molecule has 3 heterocycles. The molecule has 6 atom stereocenters. The number of nitrogens with zero attached hydrogens (tertiary/aromatic N) is 1. The predicted molar refractivity (Wildman–Crippen MR) is 91.4 cm³/mol. The first-order valence-corrected chi connectivity index (χ1v) is 12.4. The number of aliphatic hydroxyl groups excluding tert-OH is 1. The Labute approximate surface area is 168 Å². The summed E-state index contributed by atoms with van der Waals surface area (Å²) in [5.41, 5.74) is -1.71. The van der Waals surface area contributed by atoms with Crippen molar-refractivity contribution in [3.63, 3.8) is 0 Å². The van der Waals surface area contributed by atoms with Gasteiger partial charge < -0.3 is 44.4 Å². The second-order valence-electron chi connectivity index (χ2n) is 6.32. The third-order valence-electron chi connectivity index (χ3n) is 4.13. The highest BCUT2D eigenvalue weighted by atomic mass is 31.3. The molecule has 6 N–H and O–H groups in total. The van der Waals surface area contributed by atoms with Crippen LogP contribution in [0.25, 0.3) is 0 Å². The molecule has 0 aliphatic carbocycles. The molecule has 2 saturated heterocycles. The van der Waals surface area contributed by atoms with Crippen LogP contribution < -0.4 is 5.32 Å². The van der Waals surface area contributed by atoms with E-state index in [9.17, 15) is 28.5 Å². The Hall–Kier alpha value is -0.960. The molecule has 19 heteroatoms. The van der Waals surface area contributed by atoms with Gasteiger partial charge in [-0.2, -0.15) is 8.62 Å². The molecular weight excluding hydrogens is 477 g/mol. The minimum absolute atomic E-state index is 0.110. The highest BCUT2D eigenvalue weighted by molar-refractivity contribution is 7.66. The van der Waals surface area contributed by atoms with Crippen molar-refractivity contribution in [1.29, 1.82) is 0 Å². The molecule has 30 heavy (non-hydrogen) atoms.